The van der Waals surface area contributed by atoms with Crippen molar-refractivity contribution in [2.75, 3.05) is 7.05 Å². The van der Waals surface area contributed by atoms with Crippen molar-refractivity contribution in [2.24, 2.45) is 11.8 Å². The molecule has 2 nitrogen and oxygen atoms in total. The summed E-state index contributed by atoms with van der Waals surface area (Å²) in [6.45, 7) is 4.13. The molecule has 0 saturated carbocycles. The van der Waals surface area contributed by atoms with E-state index in [-0.39, 0.29) is 11.8 Å². The van der Waals surface area contributed by atoms with Gasteiger partial charge in [-0.15, -0.1) is 0 Å². The Morgan fingerprint density at radius 2 is 1.75 bits per heavy atom. The van der Waals surface area contributed by atoms with Gasteiger partial charge in [0.15, 0.2) is 0 Å². The molecule has 2 aliphatic heterocycles. The molecule has 0 spiro atoms. The molecule has 2 saturated heterocycles. The van der Waals surface area contributed by atoms with Gasteiger partial charge in [0.2, 0.25) is 0 Å². The third kappa shape index (κ3) is 3.33. The number of nitrogens with zero attached hydrogens (tertiary/aromatic N) is 1. The quantitative estimate of drug-likeness (QED) is 0.668. The van der Waals surface area contributed by atoms with Crippen LogP contribution in [-0.2, 0) is 4.79 Å². The number of hydrogen-bond acceptors (Lipinski definition) is 2. The third-order valence-electron chi connectivity index (χ3n) is 6.37. The predicted molar refractivity (Wildman–Crippen MR) is 105 cm³/mol. The van der Waals surface area contributed by atoms with Gasteiger partial charge < -0.3 is 0 Å². The van der Waals surface area contributed by atoms with E-state index >= 15 is 0 Å². The van der Waals surface area contributed by atoms with Crippen LogP contribution in [0.4, 0.5) is 0 Å². The van der Waals surface area contributed by atoms with E-state index in [4.69, 9.17) is 0 Å². The van der Waals surface area contributed by atoms with Crippen molar-refractivity contribution >= 4 is 27.7 Å². The number of piperidine rings is 1. The predicted octanol–water partition coefficient (Wildman–Crippen LogP) is 4.02. The summed E-state index contributed by atoms with van der Waals surface area (Å²) in [5.41, 5.74) is 1.40. The van der Waals surface area contributed by atoms with Gasteiger partial charge in [-0.1, -0.05) is 0 Å². The Morgan fingerprint density at radius 3 is 2.29 bits per heavy atom. The monoisotopic (exact) mass is 435 g/mol. The molecular formula is C21H33NOSn. The number of fused-ring (bicyclic) bond motifs is 2. The number of carbonyl (C=O) groups is 1. The molecule has 1 aromatic rings. The maximum atomic E-state index is 13.0. The van der Waals surface area contributed by atoms with Crippen molar-refractivity contribution in [2.45, 2.75) is 65.9 Å². The summed E-state index contributed by atoms with van der Waals surface area (Å²) in [5, 5.41) is 0. The second kappa shape index (κ2) is 6.75. The van der Waals surface area contributed by atoms with Gasteiger partial charge in [0, 0.05) is 0 Å². The minimum absolute atomic E-state index is 0.132. The van der Waals surface area contributed by atoms with Crippen LogP contribution in [0.2, 0.25) is 14.8 Å². The van der Waals surface area contributed by atoms with E-state index in [0.717, 1.165) is 6.42 Å². The van der Waals surface area contributed by atoms with Gasteiger partial charge in [-0.3, -0.25) is 0 Å². The topological polar surface area (TPSA) is 20.3 Å². The number of carbonyl (C=O) groups excluding carboxylic acids is 1. The summed E-state index contributed by atoms with van der Waals surface area (Å²) in [4.78, 5) is 22.9. The van der Waals surface area contributed by atoms with Gasteiger partial charge in [0.1, 0.15) is 0 Å². The van der Waals surface area contributed by atoms with Crippen molar-refractivity contribution in [3.05, 3.63) is 29.8 Å². The van der Waals surface area contributed by atoms with Crippen molar-refractivity contribution in [1.29, 1.82) is 0 Å². The first-order chi connectivity index (χ1) is 11.2. The van der Waals surface area contributed by atoms with Crippen LogP contribution in [0.25, 0.3) is 0 Å². The molecule has 2 fully saturated rings. The molecule has 132 valence electrons. The van der Waals surface area contributed by atoms with E-state index in [1.807, 2.05) is 0 Å². The van der Waals surface area contributed by atoms with E-state index in [9.17, 15) is 4.79 Å². The maximum absolute atomic E-state index is 13.0. The third-order valence-corrected chi connectivity index (χ3v) is 12.3. The summed E-state index contributed by atoms with van der Waals surface area (Å²) >= 11 is -2.00. The van der Waals surface area contributed by atoms with E-state index < -0.39 is 18.4 Å². The fourth-order valence-electron chi connectivity index (χ4n) is 4.81. The minimum atomic E-state index is -2.00. The molecule has 4 unspecified atom stereocenters. The van der Waals surface area contributed by atoms with Gasteiger partial charge in [0.05, 0.1) is 0 Å². The summed E-state index contributed by atoms with van der Waals surface area (Å²) in [7, 11) is 2.23. The van der Waals surface area contributed by atoms with Crippen LogP contribution in [0, 0.1) is 11.8 Å². The van der Waals surface area contributed by atoms with Crippen molar-refractivity contribution in [3.63, 3.8) is 0 Å². The Balaban J connectivity index is 1.94. The second-order valence-corrected chi connectivity index (χ2v) is 23.8. The van der Waals surface area contributed by atoms with Crippen LogP contribution in [-0.4, -0.2) is 48.2 Å². The van der Waals surface area contributed by atoms with Gasteiger partial charge >= 0.3 is 152 Å². The molecule has 24 heavy (non-hydrogen) atoms. The molecule has 2 heterocycles. The summed E-state index contributed by atoms with van der Waals surface area (Å²) in [5.74, 6) is 1.19. The number of ketones is 1. The Hall–Kier alpha value is -0.351. The van der Waals surface area contributed by atoms with Crippen LogP contribution >= 0.6 is 0 Å². The molecule has 2 aliphatic rings. The van der Waals surface area contributed by atoms with Crippen LogP contribution in [0.15, 0.2) is 24.3 Å². The van der Waals surface area contributed by atoms with Crippen molar-refractivity contribution in [1.82, 2.24) is 4.90 Å². The Bertz CT molecular complexity index is 601. The van der Waals surface area contributed by atoms with E-state index in [0.29, 0.717) is 23.8 Å². The molecular weight excluding hydrogens is 401 g/mol. The van der Waals surface area contributed by atoms with Crippen molar-refractivity contribution < 1.29 is 4.79 Å². The average Bonchev–Trinajstić information content (AvgIpc) is 2.76. The molecule has 1 aromatic carbocycles. The Morgan fingerprint density at radius 1 is 1.12 bits per heavy atom. The van der Waals surface area contributed by atoms with Crippen LogP contribution in [0.5, 0.6) is 0 Å². The van der Waals surface area contributed by atoms with Gasteiger partial charge in [-0.2, -0.15) is 0 Å². The fourth-order valence-corrected chi connectivity index (χ4v) is 8.14. The van der Waals surface area contributed by atoms with Gasteiger partial charge in [0.25, 0.3) is 0 Å². The van der Waals surface area contributed by atoms with E-state index in [2.05, 4.69) is 64.9 Å². The van der Waals surface area contributed by atoms with Crippen LogP contribution < -0.4 is 3.58 Å². The molecule has 0 amide bonds. The molecule has 4 atom stereocenters. The molecule has 3 rings (SSSR count). The zero-order valence-electron chi connectivity index (χ0n) is 16.2. The molecule has 0 aliphatic carbocycles. The molecule has 0 radical (unpaired) electrons. The normalized spacial score (nSPS) is 30.8. The summed E-state index contributed by atoms with van der Waals surface area (Å²) in [6.07, 6.45) is 3.60. The summed E-state index contributed by atoms with van der Waals surface area (Å²) in [6, 6.07) is 10.5. The Kier molecular flexibility index (Phi) is 5.19. The zero-order valence-corrected chi connectivity index (χ0v) is 19.0. The number of hydrogen-bond donors (Lipinski definition) is 0. The molecule has 0 aromatic heterocycles. The second-order valence-electron chi connectivity index (χ2n) is 9.26. The van der Waals surface area contributed by atoms with Gasteiger partial charge in [-0.05, 0) is 0 Å². The van der Waals surface area contributed by atoms with Crippen molar-refractivity contribution in [3.8, 4) is 0 Å². The first-order valence-corrected chi connectivity index (χ1v) is 19.5. The van der Waals surface area contributed by atoms with Gasteiger partial charge in [-0.25, -0.2) is 0 Å². The fraction of sp³-hybridized carbons (Fsp3) is 0.667. The zero-order chi connectivity index (χ0) is 17.6. The summed E-state index contributed by atoms with van der Waals surface area (Å²) < 4.78 is 1.58. The number of benzene rings is 1. The van der Waals surface area contributed by atoms with Crippen LogP contribution in [0.1, 0.15) is 44.6 Å². The van der Waals surface area contributed by atoms with E-state index in [1.54, 1.807) is 3.58 Å². The molecule has 0 N–H and O–H groups in total. The molecule has 2 bridgehead atoms. The average molecular weight is 434 g/mol. The number of rotatable bonds is 4. The first-order valence-electron chi connectivity index (χ1n) is 9.56. The van der Waals surface area contributed by atoms with E-state index in [1.165, 1.54) is 18.4 Å². The number of Topliss-reactive ketones (excluding diaryl/α,β-unsaturated/α-hetero) is 1. The standard InChI is InChI=1S/C18H24NO.3CH3.Sn/c1-12(2)18(20)17-15(13-7-5-4-6-8-13)11-14-9-10-16(17)19(14)3;;;;/h5-8,12,14-17H,9-11H2,1-3H3;3*1H3;. The Labute approximate surface area is 151 Å². The SMILES string of the molecule is CC(C)C(=O)C1C(c2cc[c]([Sn]([CH3])([CH3])[CH3])cc2)CC2CCC1N2C. The molecule has 3 heteroatoms. The van der Waals surface area contributed by atoms with Crippen LogP contribution in [0.3, 0.4) is 0 Å². The first kappa shape index (κ1) is 18.4.